The zero-order chi connectivity index (χ0) is 15.6. The molecule has 21 heavy (non-hydrogen) atoms. The third-order valence-electron chi connectivity index (χ3n) is 2.90. The molecule has 1 aliphatic rings. The van der Waals surface area contributed by atoms with E-state index in [2.05, 4.69) is 4.74 Å². The summed E-state index contributed by atoms with van der Waals surface area (Å²) in [5, 5.41) is 0. The monoisotopic (exact) mass is 325 g/mol. The Hall–Kier alpha value is -1.73. The summed E-state index contributed by atoms with van der Waals surface area (Å²) in [6.07, 6.45) is 1.55. The Balaban J connectivity index is 2.28. The van der Waals surface area contributed by atoms with Gasteiger partial charge in [-0.05, 0) is 30.7 Å². The van der Waals surface area contributed by atoms with E-state index in [4.69, 9.17) is 12.2 Å². The van der Waals surface area contributed by atoms with E-state index in [0.717, 1.165) is 11.8 Å². The lowest BCUT2D eigenvalue weighted by molar-refractivity contribution is -0.147. The van der Waals surface area contributed by atoms with Crippen molar-refractivity contribution >= 4 is 46.3 Å². The van der Waals surface area contributed by atoms with Crippen molar-refractivity contribution < 1.29 is 18.7 Å². The van der Waals surface area contributed by atoms with Gasteiger partial charge in [-0.25, -0.2) is 9.18 Å². The number of amides is 1. The number of esters is 1. The molecule has 1 aliphatic heterocycles. The third-order valence-corrected chi connectivity index (χ3v) is 4.23. The summed E-state index contributed by atoms with van der Waals surface area (Å²) >= 11 is 6.20. The van der Waals surface area contributed by atoms with Crippen LogP contribution in [0.2, 0.25) is 0 Å². The second-order valence-corrected chi connectivity index (χ2v) is 5.98. The lowest BCUT2D eigenvalue weighted by atomic mass is 10.2. The van der Waals surface area contributed by atoms with Gasteiger partial charge < -0.3 is 4.74 Å². The number of hydrogen-bond acceptors (Lipinski definition) is 5. The second kappa shape index (κ2) is 6.36. The number of methoxy groups -OCH3 is 1. The number of nitrogens with zero attached hydrogens (tertiary/aromatic N) is 1. The molecule has 0 N–H and O–H groups in total. The van der Waals surface area contributed by atoms with Gasteiger partial charge in [-0.15, -0.1) is 0 Å². The molecule has 1 aromatic carbocycles. The number of carbonyl (C=O) groups excluding carboxylic acids is 2. The lowest BCUT2D eigenvalue weighted by Gasteiger charge is -2.20. The molecule has 0 bridgehead atoms. The molecule has 0 aliphatic carbocycles. The van der Waals surface area contributed by atoms with E-state index in [1.807, 2.05) is 0 Å². The summed E-state index contributed by atoms with van der Waals surface area (Å²) in [6.45, 7) is 1.54. The van der Waals surface area contributed by atoms with Gasteiger partial charge in [-0.3, -0.25) is 9.69 Å². The van der Waals surface area contributed by atoms with E-state index >= 15 is 0 Å². The maximum Gasteiger partial charge on any atom is 0.328 e. The first kappa shape index (κ1) is 15.7. The number of hydrogen-bond donors (Lipinski definition) is 0. The molecule has 0 saturated carbocycles. The average molecular weight is 325 g/mol. The van der Waals surface area contributed by atoms with Crippen LogP contribution in [0.1, 0.15) is 12.5 Å². The van der Waals surface area contributed by atoms with E-state index in [1.54, 1.807) is 25.1 Å². The highest BCUT2D eigenvalue weighted by atomic mass is 32.2. The SMILES string of the molecule is COC(=O)C(C)N1C(=O)C(=Cc2cccc(F)c2)SC1=S. The number of thioether (sulfide) groups is 1. The van der Waals surface area contributed by atoms with Crippen LogP contribution in [0, 0.1) is 5.82 Å². The van der Waals surface area contributed by atoms with Gasteiger partial charge in [0, 0.05) is 0 Å². The topological polar surface area (TPSA) is 46.6 Å². The Morgan fingerprint density at radius 3 is 2.86 bits per heavy atom. The van der Waals surface area contributed by atoms with Crippen LogP contribution in [0.5, 0.6) is 0 Å². The maximum absolute atomic E-state index is 13.2. The predicted octanol–water partition coefficient (Wildman–Crippen LogP) is 2.59. The molecule has 1 aromatic rings. The summed E-state index contributed by atoms with van der Waals surface area (Å²) in [7, 11) is 1.25. The first-order valence-electron chi connectivity index (χ1n) is 6.04. The minimum atomic E-state index is -0.791. The fraction of sp³-hybridized carbons (Fsp3) is 0.214. The highest BCUT2D eigenvalue weighted by Crippen LogP contribution is 2.34. The number of carbonyl (C=O) groups is 2. The number of rotatable bonds is 3. The summed E-state index contributed by atoms with van der Waals surface area (Å²) in [5.41, 5.74) is 0.557. The average Bonchev–Trinajstić information content (AvgIpc) is 2.72. The minimum absolute atomic E-state index is 0.278. The number of thiocarbonyl (C=S) groups is 1. The molecular weight excluding hydrogens is 313 g/mol. The molecule has 0 spiro atoms. The summed E-state index contributed by atoms with van der Waals surface area (Å²) in [4.78, 5) is 25.4. The zero-order valence-corrected chi connectivity index (χ0v) is 13.0. The Kier molecular flexibility index (Phi) is 4.74. The van der Waals surface area contributed by atoms with E-state index < -0.39 is 12.0 Å². The molecule has 1 heterocycles. The van der Waals surface area contributed by atoms with Gasteiger partial charge in [0.05, 0.1) is 12.0 Å². The molecule has 1 saturated heterocycles. The van der Waals surface area contributed by atoms with Crippen LogP contribution >= 0.6 is 24.0 Å². The van der Waals surface area contributed by atoms with Gasteiger partial charge in [0.15, 0.2) is 0 Å². The van der Waals surface area contributed by atoms with Gasteiger partial charge in [0.2, 0.25) is 0 Å². The minimum Gasteiger partial charge on any atom is -0.467 e. The van der Waals surface area contributed by atoms with E-state index in [-0.39, 0.29) is 16.0 Å². The highest BCUT2D eigenvalue weighted by Gasteiger charge is 2.38. The normalized spacial score (nSPS) is 18.2. The van der Waals surface area contributed by atoms with Gasteiger partial charge in [0.25, 0.3) is 5.91 Å². The molecule has 7 heteroatoms. The van der Waals surface area contributed by atoms with Crippen LogP contribution in [0.3, 0.4) is 0 Å². The zero-order valence-electron chi connectivity index (χ0n) is 11.3. The van der Waals surface area contributed by atoms with Crippen molar-refractivity contribution in [3.05, 3.63) is 40.6 Å². The van der Waals surface area contributed by atoms with Crippen LogP contribution in [-0.4, -0.2) is 34.2 Å². The molecule has 2 rings (SSSR count). The van der Waals surface area contributed by atoms with Crippen LogP contribution in [0.25, 0.3) is 6.08 Å². The van der Waals surface area contributed by atoms with E-state index in [9.17, 15) is 14.0 Å². The van der Waals surface area contributed by atoms with E-state index in [1.165, 1.54) is 24.1 Å². The highest BCUT2D eigenvalue weighted by molar-refractivity contribution is 8.26. The largest absolute Gasteiger partial charge is 0.467 e. The molecule has 1 atom stereocenters. The smallest absolute Gasteiger partial charge is 0.328 e. The summed E-state index contributed by atoms with van der Waals surface area (Å²) < 4.78 is 18.1. The molecule has 0 aromatic heterocycles. The third kappa shape index (κ3) is 3.30. The van der Waals surface area contributed by atoms with Gasteiger partial charge in [-0.2, -0.15) is 0 Å². The molecule has 0 radical (unpaired) electrons. The molecule has 1 unspecified atom stereocenters. The van der Waals surface area contributed by atoms with Crippen LogP contribution in [-0.2, 0) is 14.3 Å². The summed E-state index contributed by atoms with van der Waals surface area (Å²) in [5.74, 6) is -1.31. The first-order chi connectivity index (χ1) is 9.93. The van der Waals surface area contributed by atoms with Crippen LogP contribution in [0.4, 0.5) is 4.39 Å². The van der Waals surface area contributed by atoms with Crippen molar-refractivity contribution in [2.75, 3.05) is 7.11 Å². The van der Waals surface area contributed by atoms with Crippen molar-refractivity contribution in [1.82, 2.24) is 4.90 Å². The Labute approximate surface area is 130 Å². The molecule has 4 nitrogen and oxygen atoms in total. The summed E-state index contributed by atoms with van der Waals surface area (Å²) in [6, 6.07) is 5.08. The molecule has 110 valence electrons. The Bertz CT molecular complexity index is 645. The fourth-order valence-electron chi connectivity index (χ4n) is 1.84. The Morgan fingerprint density at radius 1 is 1.52 bits per heavy atom. The van der Waals surface area contributed by atoms with Gasteiger partial charge in [0.1, 0.15) is 16.2 Å². The quantitative estimate of drug-likeness (QED) is 0.486. The van der Waals surface area contributed by atoms with Crippen LogP contribution < -0.4 is 0 Å². The van der Waals surface area contributed by atoms with Crippen LogP contribution in [0.15, 0.2) is 29.2 Å². The predicted molar refractivity (Wildman–Crippen MR) is 82.9 cm³/mol. The van der Waals surface area contributed by atoms with Crippen molar-refractivity contribution in [3.8, 4) is 0 Å². The van der Waals surface area contributed by atoms with Gasteiger partial charge in [-0.1, -0.05) is 36.1 Å². The van der Waals surface area contributed by atoms with Crippen molar-refractivity contribution in [2.45, 2.75) is 13.0 Å². The molecule has 1 amide bonds. The van der Waals surface area contributed by atoms with Crippen molar-refractivity contribution in [2.24, 2.45) is 0 Å². The number of ether oxygens (including phenoxy) is 1. The molecule has 1 fully saturated rings. The maximum atomic E-state index is 13.2. The van der Waals surface area contributed by atoms with E-state index in [0.29, 0.717) is 10.5 Å². The lowest BCUT2D eigenvalue weighted by Crippen LogP contribution is -2.42. The Morgan fingerprint density at radius 2 is 2.24 bits per heavy atom. The second-order valence-electron chi connectivity index (χ2n) is 4.31. The van der Waals surface area contributed by atoms with Gasteiger partial charge >= 0.3 is 5.97 Å². The number of halogens is 1. The standard InChI is InChI=1S/C14H12FNO3S2/c1-8(13(18)19-2)16-12(17)11(21-14(16)20)7-9-4-3-5-10(15)6-9/h3-8H,1-2H3. The van der Waals surface area contributed by atoms with Crippen molar-refractivity contribution in [1.29, 1.82) is 0 Å². The number of benzene rings is 1. The first-order valence-corrected chi connectivity index (χ1v) is 7.27. The molecular formula is C14H12FNO3S2. The van der Waals surface area contributed by atoms with Crippen molar-refractivity contribution in [3.63, 3.8) is 0 Å². The fourth-order valence-corrected chi connectivity index (χ4v) is 3.26.